The molecule has 1 aromatic heterocycles. The SMILES string of the molecule is CCNC(=NCC(C)N1CCOCC1C)NCC(c1cccs1)N1CCOCC1.I. The van der Waals surface area contributed by atoms with Crippen LogP contribution in [0.3, 0.4) is 0 Å². The zero-order valence-corrected chi connectivity index (χ0v) is 21.7. The van der Waals surface area contributed by atoms with E-state index >= 15 is 0 Å². The normalized spacial score (nSPS) is 23.4. The second-order valence-corrected chi connectivity index (χ2v) is 8.77. The van der Waals surface area contributed by atoms with Crippen LogP contribution in [0.2, 0.25) is 0 Å². The van der Waals surface area contributed by atoms with E-state index in [-0.39, 0.29) is 24.0 Å². The zero-order valence-electron chi connectivity index (χ0n) is 18.5. The number of hydrogen-bond donors (Lipinski definition) is 2. The van der Waals surface area contributed by atoms with Crippen LogP contribution in [-0.2, 0) is 9.47 Å². The average molecular weight is 552 g/mol. The Morgan fingerprint density at radius 3 is 2.67 bits per heavy atom. The number of guanidine groups is 1. The highest BCUT2D eigenvalue weighted by molar-refractivity contribution is 14.0. The van der Waals surface area contributed by atoms with Crippen molar-refractivity contribution in [2.45, 2.75) is 38.9 Å². The molecule has 3 unspecified atom stereocenters. The summed E-state index contributed by atoms with van der Waals surface area (Å²) in [4.78, 5) is 11.3. The van der Waals surface area contributed by atoms with Crippen molar-refractivity contribution in [2.24, 2.45) is 4.99 Å². The van der Waals surface area contributed by atoms with Gasteiger partial charge in [0, 0.05) is 49.7 Å². The summed E-state index contributed by atoms with van der Waals surface area (Å²) in [7, 11) is 0. The molecule has 3 rings (SSSR count). The molecule has 7 nitrogen and oxygen atoms in total. The number of morpholine rings is 2. The van der Waals surface area contributed by atoms with Crippen LogP contribution in [0.5, 0.6) is 0 Å². The van der Waals surface area contributed by atoms with Crippen LogP contribution in [0.15, 0.2) is 22.5 Å². The van der Waals surface area contributed by atoms with Gasteiger partial charge in [0.25, 0.3) is 0 Å². The van der Waals surface area contributed by atoms with Gasteiger partial charge in [0.2, 0.25) is 0 Å². The van der Waals surface area contributed by atoms with Crippen LogP contribution < -0.4 is 10.6 Å². The lowest BCUT2D eigenvalue weighted by Crippen LogP contribution is -2.50. The van der Waals surface area contributed by atoms with E-state index in [1.54, 1.807) is 0 Å². The van der Waals surface area contributed by atoms with Gasteiger partial charge in [-0.05, 0) is 32.2 Å². The van der Waals surface area contributed by atoms with Crippen LogP contribution in [0.1, 0.15) is 31.7 Å². The summed E-state index contributed by atoms with van der Waals surface area (Å²) in [5.41, 5.74) is 0. The fourth-order valence-electron chi connectivity index (χ4n) is 4.04. The van der Waals surface area contributed by atoms with Gasteiger partial charge in [0.05, 0.1) is 39.0 Å². The molecule has 172 valence electrons. The first-order valence-corrected chi connectivity index (χ1v) is 11.8. The monoisotopic (exact) mass is 551 g/mol. The summed E-state index contributed by atoms with van der Waals surface area (Å²) in [6.45, 7) is 15.3. The molecule has 2 aliphatic rings. The molecular formula is C21H38IN5O2S. The highest BCUT2D eigenvalue weighted by atomic mass is 127. The van der Waals surface area contributed by atoms with E-state index in [2.05, 4.69) is 58.7 Å². The van der Waals surface area contributed by atoms with Crippen molar-refractivity contribution in [3.05, 3.63) is 22.4 Å². The summed E-state index contributed by atoms with van der Waals surface area (Å²) in [6, 6.07) is 5.57. The Bertz CT molecular complexity index is 613. The summed E-state index contributed by atoms with van der Waals surface area (Å²) in [5.74, 6) is 0.898. The van der Waals surface area contributed by atoms with Gasteiger partial charge < -0.3 is 20.1 Å². The number of nitrogens with one attached hydrogen (secondary N) is 2. The maximum absolute atomic E-state index is 5.57. The van der Waals surface area contributed by atoms with Crippen molar-refractivity contribution < 1.29 is 9.47 Å². The minimum atomic E-state index is 0. The van der Waals surface area contributed by atoms with Crippen molar-refractivity contribution in [1.29, 1.82) is 0 Å². The Balaban J connectivity index is 0.00000320. The van der Waals surface area contributed by atoms with Crippen molar-refractivity contribution >= 4 is 41.3 Å². The van der Waals surface area contributed by atoms with E-state index in [0.29, 0.717) is 18.1 Å². The molecule has 2 fully saturated rings. The second kappa shape index (κ2) is 13.8. The Morgan fingerprint density at radius 2 is 2.00 bits per heavy atom. The Labute approximate surface area is 202 Å². The van der Waals surface area contributed by atoms with Crippen LogP contribution in [0.25, 0.3) is 0 Å². The predicted molar refractivity (Wildman–Crippen MR) is 135 cm³/mol. The highest BCUT2D eigenvalue weighted by Crippen LogP contribution is 2.25. The van der Waals surface area contributed by atoms with Crippen LogP contribution in [-0.4, -0.2) is 93.5 Å². The van der Waals surface area contributed by atoms with Gasteiger partial charge in [0.1, 0.15) is 0 Å². The zero-order chi connectivity index (χ0) is 20.5. The van der Waals surface area contributed by atoms with E-state index in [9.17, 15) is 0 Å². The molecule has 0 aromatic carbocycles. The van der Waals surface area contributed by atoms with Gasteiger partial charge >= 0.3 is 0 Å². The largest absolute Gasteiger partial charge is 0.379 e. The first-order valence-electron chi connectivity index (χ1n) is 10.9. The minimum absolute atomic E-state index is 0. The number of rotatable bonds is 8. The highest BCUT2D eigenvalue weighted by Gasteiger charge is 2.25. The van der Waals surface area contributed by atoms with Gasteiger partial charge in [-0.3, -0.25) is 14.8 Å². The number of ether oxygens (including phenoxy) is 2. The summed E-state index contributed by atoms with van der Waals surface area (Å²) in [6.07, 6.45) is 0. The topological polar surface area (TPSA) is 61.4 Å². The molecule has 3 heterocycles. The number of nitrogens with zero attached hydrogens (tertiary/aromatic N) is 3. The molecule has 3 atom stereocenters. The van der Waals surface area contributed by atoms with E-state index in [1.807, 2.05) is 11.3 Å². The van der Waals surface area contributed by atoms with Gasteiger partial charge in [0.15, 0.2) is 5.96 Å². The predicted octanol–water partition coefficient (Wildman–Crippen LogP) is 2.40. The van der Waals surface area contributed by atoms with Gasteiger partial charge in [-0.25, -0.2) is 0 Å². The van der Waals surface area contributed by atoms with Gasteiger partial charge in [-0.1, -0.05) is 6.07 Å². The van der Waals surface area contributed by atoms with Crippen molar-refractivity contribution in [2.75, 3.05) is 65.7 Å². The average Bonchev–Trinajstić information content (AvgIpc) is 3.27. The lowest BCUT2D eigenvalue weighted by molar-refractivity contribution is -0.0166. The third-order valence-corrected chi connectivity index (χ3v) is 6.64. The molecule has 2 N–H and O–H groups in total. The Kier molecular flexibility index (Phi) is 11.9. The molecular weight excluding hydrogens is 513 g/mol. The number of hydrogen-bond acceptors (Lipinski definition) is 6. The minimum Gasteiger partial charge on any atom is -0.379 e. The number of aliphatic imine (C=N–C) groups is 1. The van der Waals surface area contributed by atoms with Crippen LogP contribution in [0, 0.1) is 0 Å². The number of halogens is 1. The molecule has 2 saturated heterocycles. The van der Waals surface area contributed by atoms with Crippen molar-refractivity contribution in [3.63, 3.8) is 0 Å². The van der Waals surface area contributed by atoms with E-state index in [4.69, 9.17) is 14.5 Å². The Hall–Kier alpha value is -0.460. The molecule has 1 aromatic rings. The molecule has 0 spiro atoms. The molecule has 9 heteroatoms. The van der Waals surface area contributed by atoms with E-state index in [0.717, 1.165) is 71.7 Å². The van der Waals surface area contributed by atoms with Crippen LogP contribution in [0.4, 0.5) is 0 Å². The Morgan fingerprint density at radius 1 is 1.23 bits per heavy atom. The quantitative estimate of drug-likeness (QED) is 0.294. The first-order chi connectivity index (χ1) is 14.2. The standard InChI is InChI=1S/C21H37N5O2S.HI/c1-4-22-21(23-14-17(2)26-9-12-28-16-18(26)3)24-15-19(20-6-5-13-29-20)25-7-10-27-11-8-25;/h5-6,13,17-19H,4,7-12,14-16H2,1-3H3,(H2,22,23,24);1H. The molecule has 2 aliphatic heterocycles. The van der Waals surface area contributed by atoms with Gasteiger partial charge in [-0.15, -0.1) is 35.3 Å². The summed E-state index contributed by atoms with van der Waals surface area (Å²) in [5, 5.41) is 9.17. The molecule has 30 heavy (non-hydrogen) atoms. The fraction of sp³-hybridized carbons (Fsp3) is 0.762. The molecule has 0 aliphatic carbocycles. The lowest BCUT2D eigenvalue weighted by atomic mass is 10.2. The maximum atomic E-state index is 5.57. The van der Waals surface area contributed by atoms with Crippen molar-refractivity contribution in [1.82, 2.24) is 20.4 Å². The molecule has 0 saturated carbocycles. The lowest BCUT2D eigenvalue weighted by Gasteiger charge is -2.37. The van der Waals surface area contributed by atoms with E-state index < -0.39 is 0 Å². The smallest absolute Gasteiger partial charge is 0.191 e. The molecule has 0 radical (unpaired) electrons. The summed E-state index contributed by atoms with van der Waals surface area (Å²) < 4.78 is 11.1. The summed E-state index contributed by atoms with van der Waals surface area (Å²) >= 11 is 1.83. The van der Waals surface area contributed by atoms with Gasteiger partial charge in [-0.2, -0.15) is 0 Å². The second-order valence-electron chi connectivity index (χ2n) is 7.79. The fourth-order valence-corrected chi connectivity index (χ4v) is 4.90. The molecule has 0 bridgehead atoms. The third-order valence-electron chi connectivity index (χ3n) is 5.66. The number of thiophene rings is 1. The van der Waals surface area contributed by atoms with Crippen LogP contribution >= 0.6 is 35.3 Å². The molecule has 0 amide bonds. The first kappa shape index (κ1) is 25.8. The maximum Gasteiger partial charge on any atom is 0.191 e. The van der Waals surface area contributed by atoms with Crippen molar-refractivity contribution in [3.8, 4) is 0 Å². The van der Waals surface area contributed by atoms with E-state index in [1.165, 1.54) is 4.88 Å². The third kappa shape index (κ3) is 7.59.